The lowest BCUT2D eigenvalue weighted by molar-refractivity contribution is -0.118. The molecule has 1 aromatic rings. The first-order valence-electron chi connectivity index (χ1n) is 6.98. The van der Waals surface area contributed by atoms with Crippen LogP contribution in [0, 0.1) is 0 Å². The van der Waals surface area contributed by atoms with Gasteiger partial charge in [-0.1, -0.05) is 18.2 Å². The van der Waals surface area contributed by atoms with Gasteiger partial charge in [-0.25, -0.2) is 0 Å². The van der Waals surface area contributed by atoms with Crippen LogP contribution < -0.4 is 10.2 Å². The number of benzene rings is 1. The van der Waals surface area contributed by atoms with Crippen molar-refractivity contribution in [3.05, 3.63) is 29.8 Å². The number of ether oxygens (including phenoxy) is 1. The SMILES string of the molecule is CC1CCC(CN2C(=O)CNCc3ccccc32)O1. The van der Waals surface area contributed by atoms with Crippen LogP contribution >= 0.6 is 0 Å². The Bertz CT molecular complexity index is 475. The van der Waals surface area contributed by atoms with E-state index in [0.29, 0.717) is 19.2 Å². The van der Waals surface area contributed by atoms with Crippen LogP contribution in [-0.2, 0) is 16.1 Å². The van der Waals surface area contributed by atoms with Gasteiger partial charge in [0.2, 0.25) is 5.91 Å². The summed E-state index contributed by atoms with van der Waals surface area (Å²) in [5, 5.41) is 3.18. The minimum absolute atomic E-state index is 0.133. The molecule has 1 N–H and O–H groups in total. The lowest BCUT2D eigenvalue weighted by Crippen LogP contribution is -2.40. The number of anilines is 1. The molecule has 2 unspecified atom stereocenters. The van der Waals surface area contributed by atoms with E-state index in [2.05, 4.69) is 18.3 Å². The van der Waals surface area contributed by atoms with Gasteiger partial charge in [0.05, 0.1) is 25.3 Å². The third kappa shape index (κ3) is 2.65. The standard InChI is InChI=1S/C15H20N2O2/c1-11-6-7-13(19-11)10-17-14-5-3-2-4-12(14)8-16-9-15(17)18/h2-5,11,13,16H,6-10H2,1H3. The largest absolute Gasteiger partial charge is 0.373 e. The summed E-state index contributed by atoms with van der Waals surface area (Å²) in [5.41, 5.74) is 2.21. The quantitative estimate of drug-likeness (QED) is 0.880. The highest BCUT2D eigenvalue weighted by Gasteiger charge is 2.28. The van der Waals surface area contributed by atoms with E-state index in [-0.39, 0.29) is 12.0 Å². The van der Waals surface area contributed by atoms with E-state index >= 15 is 0 Å². The van der Waals surface area contributed by atoms with Gasteiger partial charge < -0.3 is 15.0 Å². The van der Waals surface area contributed by atoms with Crippen LogP contribution in [0.1, 0.15) is 25.3 Å². The summed E-state index contributed by atoms with van der Waals surface area (Å²) in [4.78, 5) is 14.1. The van der Waals surface area contributed by atoms with Crippen molar-refractivity contribution < 1.29 is 9.53 Å². The molecule has 1 fully saturated rings. The molecule has 19 heavy (non-hydrogen) atoms. The summed E-state index contributed by atoms with van der Waals surface area (Å²) in [6, 6.07) is 8.11. The van der Waals surface area contributed by atoms with Crippen molar-refractivity contribution in [1.29, 1.82) is 0 Å². The number of hydrogen-bond donors (Lipinski definition) is 1. The number of nitrogens with one attached hydrogen (secondary N) is 1. The maximum atomic E-state index is 12.3. The summed E-state index contributed by atoms with van der Waals surface area (Å²) in [6.45, 7) is 3.92. The molecule has 2 atom stereocenters. The van der Waals surface area contributed by atoms with E-state index in [4.69, 9.17) is 4.74 Å². The van der Waals surface area contributed by atoms with Crippen molar-refractivity contribution in [1.82, 2.24) is 5.32 Å². The fourth-order valence-corrected chi connectivity index (χ4v) is 2.88. The minimum atomic E-state index is 0.133. The number of rotatable bonds is 2. The van der Waals surface area contributed by atoms with Crippen molar-refractivity contribution >= 4 is 11.6 Å². The molecule has 0 saturated carbocycles. The minimum Gasteiger partial charge on any atom is -0.373 e. The maximum absolute atomic E-state index is 12.3. The van der Waals surface area contributed by atoms with Crippen LogP contribution in [0.25, 0.3) is 0 Å². The second kappa shape index (κ2) is 5.31. The summed E-state index contributed by atoms with van der Waals surface area (Å²) < 4.78 is 5.85. The number of amides is 1. The summed E-state index contributed by atoms with van der Waals surface area (Å²) in [6.07, 6.45) is 2.62. The molecule has 4 nitrogen and oxygen atoms in total. The normalized spacial score (nSPS) is 27.2. The van der Waals surface area contributed by atoms with Crippen LogP contribution in [0.4, 0.5) is 5.69 Å². The number of hydrogen-bond acceptors (Lipinski definition) is 3. The van der Waals surface area contributed by atoms with Crippen molar-refractivity contribution in [2.75, 3.05) is 18.0 Å². The van der Waals surface area contributed by atoms with E-state index in [1.54, 1.807) is 0 Å². The van der Waals surface area contributed by atoms with E-state index in [1.165, 1.54) is 5.56 Å². The highest BCUT2D eigenvalue weighted by molar-refractivity contribution is 5.96. The van der Waals surface area contributed by atoms with Crippen LogP contribution in [-0.4, -0.2) is 31.2 Å². The van der Waals surface area contributed by atoms with Gasteiger partial charge in [-0.3, -0.25) is 4.79 Å². The highest BCUT2D eigenvalue weighted by atomic mass is 16.5. The van der Waals surface area contributed by atoms with Crippen molar-refractivity contribution in [2.24, 2.45) is 0 Å². The lowest BCUT2D eigenvalue weighted by atomic mass is 10.1. The van der Waals surface area contributed by atoms with Gasteiger partial charge in [0.15, 0.2) is 0 Å². The molecule has 0 spiro atoms. The number of fused-ring (bicyclic) bond motifs is 1. The first kappa shape index (κ1) is 12.6. The smallest absolute Gasteiger partial charge is 0.241 e. The molecule has 102 valence electrons. The molecule has 2 heterocycles. The van der Waals surface area contributed by atoms with Gasteiger partial charge in [0.1, 0.15) is 0 Å². The second-order valence-corrected chi connectivity index (χ2v) is 5.38. The zero-order valence-electron chi connectivity index (χ0n) is 11.3. The molecule has 1 saturated heterocycles. The molecule has 2 aliphatic heterocycles. The summed E-state index contributed by atoms with van der Waals surface area (Å²) >= 11 is 0. The molecule has 0 aliphatic carbocycles. The van der Waals surface area contributed by atoms with Crippen LogP contribution in [0.5, 0.6) is 0 Å². The molecule has 3 rings (SSSR count). The first-order valence-corrected chi connectivity index (χ1v) is 6.98. The zero-order chi connectivity index (χ0) is 13.2. The third-order valence-electron chi connectivity index (χ3n) is 3.88. The number of carbonyl (C=O) groups excluding carboxylic acids is 1. The Labute approximate surface area is 113 Å². The number of para-hydroxylation sites is 1. The van der Waals surface area contributed by atoms with Gasteiger partial charge in [-0.15, -0.1) is 0 Å². The predicted octanol–water partition coefficient (Wildman–Crippen LogP) is 1.69. The molecule has 0 bridgehead atoms. The zero-order valence-corrected chi connectivity index (χ0v) is 11.3. The lowest BCUT2D eigenvalue weighted by Gasteiger charge is -2.25. The summed E-state index contributed by atoms with van der Waals surface area (Å²) in [7, 11) is 0. The predicted molar refractivity (Wildman–Crippen MR) is 74.1 cm³/mol. The Hall–Kier alpha value is -1.39. The Morgan fingerprint density at radius 1 is 1.32 bits per heavy atom. The van der Waals surface area contributed by atoms with Crippen molar-refractivity contribution in [3.8, 4) is 0 Å². The first-order chi connectivity index (χ1) is 9.24. The summed E-state index contributed by atoms with van der Waals surface area (Å²) in [5.74, 6) is 0.133. The van der Waals surface area contributed by atoms with Gasteiger partial charge >= 0.3 is 0 Å². The highest BCUT2D eigenvalue weighted by Crippen LogP contribution is 2.26. The molecular weight excluding hydrogens is 240 g/mol. The molecular formula is C15H20N2O2. The van der Waals surface area contributed by atoms with Crippen LogP contribution in [0.15, 0.2) is 24.3 Å². The van der Waals surface area contributed by atoms with Crippen LogP contribution in [0.3, 0.4) is 0 Å². The van der Waals surface area contributed by atoms with E-state index in [9.17, 15) is 4.79 Å². The third-order valence-corrected chi connectivity index (χ3v) is 3.88. The Kier molecular flexibility index (Phi) is 3.53. The molecule has 0 aromatic heterocycles. The van der Waals surface area contributed by atoms with E-state index in [0.717, 1.165) is 25.1 Å². The van der Waals surface area contributed by atoms with E-state index in [1.807, 2.05) is 23.1 Å². The molecule has 1 amide bonds. The molecule has 4 heteroatoms. The Morgan fingerprint density at radius 2 is 2.16 bits per heavy atom. The number of carbonyl (C=O) groups is 1. The van der Waals surface area contributed by atoms with Crippen molar-refractivity contribution in [2.45, 2.75) is 38.5 Å². The van der Waals surface area contributed by atoms with Gasteiger partial charge in [0, 0.05) is 12.2 Å². The second-order valence-electron chi connectivity index (χ2n) is 5.38. The number of nitrogens with zero attached hydrogens (tertiary/aromatic N) is 1. The topological polar surface area (TPSA) is 41.6 Å². The average Bonchev–Trinajstić information content (AvgIpc) is 2.75. The average molecular weight is 260 g/mol. The Morgan fingerprint density at radius 3 is 2.95 bits per heavy atom. The maximum Gasteiger partial charge on any atom is 0.241 e. The fraction of sp³-hybridized carbons (Fsp3) is 0.533. The van der Waals surface area contributed by atoms with Crippen LogP contribution in [0.2, 0.25) is 0 Å². The molecule has 0 radical (unpaired) electrons. The van der Waals surface area contributed by atoms with Crippen molar-refractivity contribution in [3.63, 3.8) is 0 Å². The van der Waals surface area contributed by atoms with Gasteiger partial charge in [-0.05, 0) is 31.4 Å². The molecule has 1 aromatic carbocycles. The molecule has 2 aliphatic rings. The van der Waals surface area contributed by atoms with Gasteiger partial charge in [-0.2, -0.15) is 0 Å². The van der Waals surface area contributed by atoms with Gasteiger partial charge in [0.25, 0.3) is 0 Å². The Balaban J connectivity index is 1.83. The monoisotopic (exact) mass is 260 g/mol. The van der Waals surface area contributed by atoms with E-state index < -0.39 is 0 Å². The fourth-order valence-electron chi connectivity index (χ4n) is 2.88.